The van der Waals surface area contributed by atoms with E-state index in [2.05, 4.69) is 30.0 Å². The van der Waals surface area contributed by atoms with E-state index in [4.69, 9.17) is 6.42 Å². The minimum Gasteiger partial charge on any atom is -0.344 e. The van der Waals surface area contributed by atoms with Crippen LogP contribution in [0.25, 0.3) is 0 Å². The quantitative estimate of drug-likeness (QED) is 0.822. The number of rotatable bonds is 5. The van der Waals surface area contributed by atoms with E-state index in [1.165, 1.54) is 10.4 Å². The Kier molecular flexibility index (Phi) is 6.41. The number of carbonyl (C=O) groups is 2. The molecule has 5 nitrogen and oxygen atoms in total. The van der Waals surface area contributed by atoms with Crippen LogP contribution in [0, 0.1) is 19.3 Å². The van der Waals surface area contributed by atoms with Gasteiger partial charge in [0.25, 0.3) is 5.91 Å². The minimum atomic E-state index is -0.230. The van der Waals surface area contributed by atoms with Crippen LogP contribution in [0.15, 0.2) is 6.07 Å². The Morgan fingerprint density at radius 1 is 1.38 bits per heavy atom. The first kappa shape index (κ1) is 18.5. The fourth-order valence-electron chi connectivity index (χ4n) is 2.90. The zero-order chi connectivity index (χ0) is 17.7. The van der Waals surface area contributed by atoms with Crippen LogP contribution in [0.1, 0.15) is 34.0 Å². The molecule has 130 valence electrons. The highest BCUT2D eigenvalue weighted by atomic mass is 32.1. The summed E-state index contributed by atoms with van der Waals surface area (Å²) in [5.41, 5.74) is 1.25. The Hall–Kier alpha value is -1.84. The monoisotopic (exact) mass is 347 g/mol. The molecule has 0 aromatic carbocycles. The molecule has 0 aliphatic carbocycles. The maximum atomic E-state index is 12.6. The number of nitrogens with one attached hydrogen (secondary N) is 1. The molecule has 0 unspecified atom stereocenters. The van der Waals surface area contributed by atoms with Crippen molar-refractivity contribution in [2.24, 2.45) is 0 Å². The zero-order valence-corrected chi connectivity index (χ0v) is 15.4. The maximum absolute atomic E-state index is 12.6. The summed E-state index contributed by atoms with van der Waals surface area (Å²) in [7, 11) is 0. The third kappa shape index (κ3) is 4.16. The highest BCUT2D eigenvalue weighted by molar-refractivity contribution is 7.14. The number of amides is 2. The SMILES string of the molecule is C#CCNC(=O)[C@@H](C)N1CCN(C(=O)c2cc(CC)c(C)s2)CC1. The van der Waals surface area contributed by atoms with Crippen molar-refractivity contribution in [3.05, 3.63) is 21.4 Å². The van der Waals surface area contributed by atoms with E-state index in [-0.39, 0.29) is 24.4 Å². The summed E-state index contributed by atoms with van der Waals surface area (Å²) < 4.78 is 0. The summed E-state index contributed by atoms with van der Waals surface area (Å²) in [4.78, 5) is 30.6. The molecule has 6 heteroatoms. The number of hydrogen-bond donors (Lipinski definition) is 1. The summed E-state index contributed by atoms with van der Waals surface area (Å²) in [5, 5.41) is 2.71. The summed E-state index contributed by atoms with van der Waals surface area (Å²) in [5.74, 6) is 2.45. The number of thiophene rings is 1. The summed E-state index contributed by atoms with van der Waals surface area (Å²) in [6.45, 7) is 8.97. The van der Waals surface area contributed by atoms with Crippen LogP contribution >= 0.6 is 11.3 Å². The molecule has 1 aromatic rings. The van der Waals surface area contributed by atoms with E-state index in [9.17, 15) is 9.59 Å². The summed E-state index contributed by atoms with van der Waals surface area (Å²) >= 11 is 1.57. The smallest absolute Gasteiger partial charge is 0.264 e. The topological polar surface area (TPSA) is 52.7 Å². The minimum absolute atomic E-state index is 0.0609. The molecule has 0 bridgehead atoms. The summed E-state index contributed by atoms with van der Waals surface area (Å²) in [6, 6.07) is 1.79. The van der Waals surface area contributed by atoms with Crippen molar-refractivity contribution in [3.8, 4) is 12.3 Å². The standard InChI is InChI=1S/C18H25N3O2S/c1-5-7-19-17(22)13(3)20-8-10-21(11-9-20)18(23)16-12-15(6-2)14(4)24-16/h1,12-13H,6-11H2,2-4H3,(H,19,22)/t13-/m1/s1. The van der Waals surface area contributed by atoms with Crippen molar-refractivity contribution in [1.82, 2.24) is 15.1 Å². The average Bonchev–Trinajstić information content (AvgIpc) is 2.99. The van der Waals surface area contributed by atoms with E-state index >= 15 is 0 Å². The van der Waals surface area contributed by atoms with Crippen molar-refractivity contribution in [2.75, 3.05) is 32.7 Å². The Balaban J connectivity index is 1.91. The van der Waals surface area contributed by atoms with Gasteiger partial charge in [-0.25, -0.2) is 0 Å². The number of carbonyl (C=O) groups excluding carboxylic acids is 2. The Bertz CT molecular complexity index is 639. The van der Waals surface area contributed by atoms with Crippen LogP contribution < -0.4 is 5.32 Å². The number of terminal acetylenes is 1. The molecule has 0 radical (unpaired) electrons. The lowest BCUT2D eigenvalue weighted by Crippen LogP contribution is -2.54. The van der Waals surface area contributed by atoms with Crippen molar-refractivity contribution >= 4 is 23.2 Å². The molecule has 2 amide bonds. The van der Waals surface area contributed by atoms with Gasteiger partial charge in [-0.05, 0) is 31.9 Å². The lowest BCUT2D eigenvalue weighted by Gasteiger charge is -2.37. The van der Waals surface area contributed by atoms with Crippen LogP contribution in [0.3, 0.4) is 0 Å². The lowest BCUT2D eigenvalue weighted by molar-refractivity contribution is -0.126. The molecule has 2 rings (SSSR count). The van der Waals surface area contributed by atoms with Gasteiger partial charge < -0.3 is 10.2 Å². The second-order valence-electron chi connectivity index (χ2n) is 5.97. The van der Waals surface area contributed by atoms with E-state index < -0.39 is 0 Å². The van der Waals surface area contributed by atoms with Gasteiger partial charge in [0, 0.05) is 31.1 Å². The third-order valence-electron chi connectivity index (χ3n) is 4.51. The number of nitrogens with zero attached hydrogens (tertiary/aromatic N) is 2. The van der Waals surface area contributed by atoms with Gasteiger partial charge in [-0.2, -0.15) is 0 Å². The van der Waals surface area contributed by atoms with Gasteiger partial charge in [-0.1, -0.05) is 12.8 Å². The first-order valence-corrected chi connectivity index (χ1v) is 9.13. The lowest BCUT2D eigenvalue weighted by atomic mass is 10.2. The fraction of sp³-hybridized carbons (Fsp3) is 0.556. The van der Waals surface area contributed by atoms with Gasteiger partial charge in [0.1, 0.15) is 0 Å². The third-order valence-corrected chi connectivity index (χ3v) is 5.59. The van der Waals surface area contributed by atoms with Crippen LogP contribution in [-0.4, -0.2) is 60.4 Å². The predicted molar refractivity (Wildman–Crippen MR) is 97.2 cm³/mol. The zero-order valence-electron chi connectivity index (χ0n) is 14.6. The van der Waals surface area contributed by atoms with Crippen molar-refractivity contribution < 1.29 is 9.59 Å². The van der Waals surface area contributed by atoms with Crippen molar-refractivity contribution in [2.45, 2.75) is 33.2 Å². The van der Waals surface area contributed by atoms with Gasteiger partial charge in [0.05, 0.1) is 17.5 Å². The van der Waals surface area contributed by atoms with Gasteiger partial charge in [0.2, 0.25) is 5.91 Å². The van der Waals surface area contributed by atoms with E-state index in [1.54, 1.807) is 11.3 Å². The molecule has 0 saturated carbocycles. The molecule has 24 heavy (non-hydrogen) atoms. The number of hydrogen-bond acceptors (Lipinski definition) is 4. The molecular weight excluding hydrogens is 322 g/mol. The second kappa shape index (κ2) is 8.32. The molecule has 1 aliphatic rings. The molecule has 1 fully saturated rings. The average molecular weight is 347 g/mol. The van der Waals surface area contributed by atoms with E-state index in [1.807, 2.05) is 17.9 Å². The van der Waals surface area contributed by atoms with Crippen LogP contribution in [0.2, 0.25) is 0 Å². The van der Waals surface area contributed by atoms with E-state index in [0.717, 1.165) is 11.3 Å². The van der Waals surface area contributed by atoms with Crippen LogP contribution in [0.4, 0.5) is 0 Å². The molecule has 0 spiro atoms. The molecule has 1 aliphatic heterocycles. The predicted octanol–water partition coefficient (Wildman–Crippen LogP) is 1.51. The van der Waals surface area contributed by atoms with Gasteiger partial charge in [0.15, 0.2) is 0 Å². The van der Waals surface area contributed by atoms with Crippen LogP contribution in [-0.2, 0) is 11.2 Å². The molecule has 1 atom stereocenters. The first-order valence-electron chi connectivity index (χ1n) is 8.31. The van der Waals surface area contributed by atoms with Gasteiger partial charge in [-0.15, -0.1) is 17.8 Å². The highest BCUT2D eigenvalue weighted by Gasteiger charge is 2.28. The largest absolute Gasteiger partial charge is 0.344 e. The number of piperazine rings is 1. The van der Waals surface area contributed by atoms with Gasteiger partial charge >= 0.3 is 0 Å². The Morgan fingerprint density at radius 3 is 2.58 bits per heavy atom. The molecule has 1 N–H and O–H groups in total. The Labute approximate surface area is 148 Å². The molecular formula is C18H25N3O2S. The first-order chi connectivity index (χ1) is 11.5. The number of aryl methyl sites for hydroxylation is 2. The maximum Gasteiger partial charge on any atom is 0.264 e. The fourth-order valence-corrected chi connectivity index (χ4v) is 3.98. The van der Waals surface area contributed by atoms with Gasteiger partial charge in [-0.3, -0.25) is 14.5 Å². The second-order valence-corrected chi connectivity index (χ2v) is 7.23. The van der Waals surface area contributed by atoms with Crippen LogP contribution in [0.5, 0.6) is 0 Å². The van der Waals surface area contributed by atoms with Crippen molar-refractivity contribution in [1.29, 1.82) is 0 Å². The van der Waals surface area contributed by atoms with E-state index in [0.29, 0.717) is 26.2 Å². The highest BCUT2D eigenvalue weighted by Crippen LogP contribution is 2.24. The Morgan fingerprint density at radius 2 is 2.04 bits per heavy atom. The molecule has 1 saturated heterocycles. The molecule has 1 aromatic heterocycles. The van der Waals surface area contributed by atoms with Crippen molar-refractivity contribution in [3.63, 3.8) is 0 Å². The normalized spacial score (nSPS) is 16.5. The molecule has 2 heterocycles. The summed E-state index contributed by atoms with van der Waals surface area (Å²) in [6.07, 6.45) is 6.12.